The van der Waals surface area contributed by atoms with Gasteiger partial charge in [-0.3, -0.25) is 0 Å². The van der Waals surface area contributed by atoms with Crippen LogP contribution in [0.5, 0.6) is 11.5 Å². The maximum Gasteiger partial charge on any atom is 0.184 e. The monoisotopic (exact) mass is 360 g/mol. The first-order valence-electron chi connectivity index (χ1n) is 6.35. The molecule has 1 aliphatic heterocycles. The zero-order valence-corrected chi connectivity index (χ0v) is 13.5. The van der Waals surface area contributed by atoms with Crippen molar-refractivity contribution >= 4 is 46.4 Å². The molecule has 2 aromatic rings. The molecule has 0 N–H and O–H groups in total. The van der Waals surface area contributed by atoms with E-state index >= 15 is 0 Å². The summed E-state index contributed by atoms with van der Waals surface area (Å²) in [6, 6.07) is 8.07. The van der Waals surface area contributed by atoms with Crippen LogP contribution < -0.4 is 9.47 Å². The van der Waals surface area contributed by atoms with Crippen molar-refractivity contribution in [2.45, 2.75) is 18.6 Å². The standard InChI is InChI=1S/C15H8Cl4O2/c16-9-10(17)12(19)15-14(11(9)18)20-8-5-6-3-1-2-4-7(6)13(8)21-15/h1-4,8,13H,5H2/t8-,13-/m1/s1. The van der Waals surface area contributed by atoms with Crippen molar-refractivity contribution in [1.82, 2.24) is 0 Å². The molecule has 4 rings (SSSR count). The van der Waals surface area contributed by atoms with Gasteiger partial charge in [0.25, 0.3) is 0 Å². The third-order valence-electron chi connectivity index (χ3n) is 3.82. The van der Waals surface area contributed by atoms with Gasteiger partial charge in [-0.25, -0.2) is 0 Å². The van der Waals surface area contributed by atoms with E-state index in [0.717, 1.165) is 12.0 Å². The molecule has 2 nitrogen and oxygen atoms in total. The summed E-state index contributed by atoms with van der Waals surface area (Å²) in [5, 5.41) is 0.814. The van der Waals surface area contributed by atoms with E-state index in [1.165, 1.54) is 5.56 Å². The van der Waals surface area contributed by atoms with E-state index in [2.05, 4.69) is 6.07 Å². The quantitative estimate of drug-likeness (QED) is 0.440. The largest absolute Gasteiger partial charge is 0.480 e. The minimum Gasteiger partial charge on any atom is -0.480 e. The fourth-order valence-corrected chi connectivity index (χ4v) is 3.75. The molecule has 0 unspecified atom stereocenters. The fraction of sp³-hybridized carbons (Fsp3) is 0.200. The van der Waals surface area contributed by atoms with Gasteiger partial charge in [-0.1, -0.05) is 70.7 Å². The number of fused-ring (bicyclic) bond motifs is 4. The summed E-state index contributed by atoms with van der Waals surface area (Å²) in [5.74, 6) is 0.721. The van der Waals surface area contributed by atoms with Crippen LogP contribution >= 0.6 is 46.4 Å². The summed E-state index contributed by atoms with van der Waals surface area (Å²) in [5.41, 5.74) is 2.30. The van der Waals surface area contributed by atoms with Gasteiger partial charge in [0.15, 0.2) is 17.6 Å². The molecule has 6 heteroatoms. The van der Waals surface area contributed by atoms with Crippen molar-refractivity contribution in [2.75, 3.05) is 0 Å². The number of hydrogen-bond donors (Lipinski definition) is 0. The van der Waals surface area contributed by atoms with Gasteiger partial charge < -0.3 is 9.47 Å². The van der Waals surface area contributed by atoms with Gasteiger partial charge in [-0.05, 0) is 11.1 Å². The van der Waals surface area contributed by atoms with Crippen LogP contribution in [0.1, 0.15) is 17.2 Å². The SMILES string of the molecule is Clc1c(Cl)c(Cl)c2c(c1Cl)O[C@@H]1c3ccccc3C[C@H]1O2. The second kappa shape index (κ2) is 4.85. The Morgan fingerprint density at radius 2 is 1.43 bits per heavy atom. The van der Waals surface area contributed by atoms with Crippen molar-refractivity contribution in [3.05, 3.63) is 55.5 Å². The average molecular weight is 362 g/mol. The molecular formula is C15H8Cl4O2. The highest BCUT2D eigenvalue weighted by Gasteiger charge is 2.42. The van der Waals surface area contributed by atoms with Gasteiger partial charge in [0.05, 0.1) is 10.0 Å². The molecule has 0 amide bonds. The van der Waals surface area contributed by atoms with Crippen molar-refractivity contribution in [3.8, 4) is 11.5 Å². The Morgan fingerprint density at radius 3 is 2.14 bits per heavy atom. The molecule has 2 aromatic carbocycles. The van der Waals surface area contributed by atoms with Crippen LogP contribution in [0.3, 0.4) is 0 Å². The average Bonchev–Trinajstić information content (AvgIpc) is 2.87. The Labute approximate surface area is 141 Å². The summed E-state index contributed by atoms with van der Waals surface area (Å²) in [6.07, 6.45) is 0.411. The normalized spacial score (nSPS) is 21.9. The van der Waals surface area contributed by atoms with Crippen LogP contribution in [-0.2, 0) is 6.42 Å². The van der Waals surface area contributed by atoms with Crippen molar-refractivity contribution in [1.29, 1.82) is 0 Å². The zero-order valence-electron chi connectivity index (χ0n) is 10.5. The minimum atomic E-state index is -0.209. The molecule has 0 fully saturated rings. The Balaban J connectivity index is 1.86. The van der Waals surface area contributed by atoms with E-state index < -0.39 is 0 Å². The van der Waals surface area contributed by atoms with Crippen molar-refractivity contribution in [3.63, 3.8) is 0 Å². The smallest absolute Gasteiger partial charge is 0.184 e. The molecule has 21 heavy (non-hydrogen) atoms. The summed E-state index contributed by atoms with van der Waals surface area (Å²) in [7, 11) is 0. The highest BCUT2D eigenvalue weighted by atomic mass is 35.5. The highest BCUT2D eigenvalue weighted by molar-refractivity contribution is 6.53. The first-order chi connectivity index (χ1) is 10.1. The van der Waals surface area contributed by atoms with Gasteiger partial charge in [0, 0.05) is 6.42 Å². The maximum atomic E-state index is 6.23. The molecule has 0 saturated heterocycles. The lowest BCUT2D eigenvalue weighted by Gasteiger charge is -2.31. The lowest BCUT2D eigenvalue weighted by Crippen LogP contribution is -2.30. The van der Waals surface area contributed by atoms with Crippen LogP contribution in [0.15, 0.2) is 24.3 Å². The first kappa shape index (κ1) is 13.8. The number of benzene rings is 2. The van der Waals surface area contributed by atoms with E-state index in [-0.39, 0.29) is 32.3 Å². The molecule has 108 valence electrons. The Bertz CT molecular complexity index is 760. The molecule has 1 heterocycles. The molecule has 0 aromatic heterocycles. The summed E-state index contributed by atoms with van der Waals surface area (Å²) >= 11 is 24.6. The highest BCUT2D eigenvalue weighted by Crippen LogP contribution is 2.55. The number of hydrogen-bond acceptors (Lipinski definition) is 2. The third-order valence-corrected chi connectivity index (χ3v) is 5.58. The molecule has 2 atom stereocenters. The van der Waals surface area contributed by atoms with Gasteiger partial charge in [-0.15, -0.1) is 0 Å². The molecule has 0 bridgehead atoms. The van der Waals surface area contributed by atoms with Crippen molar-refractivity contribution in [2.24, 2.45) is 0 Å². The minimum absolute atomic E-state index is 0.138. The maximum absolute atomic E-state index is 6.23. The van der Waals surface area contributed by atoms with Crippen LogP contribution in [-0.4, -0.2) is 6.10 Å². The topological polar surface area (TPSA) is 18.5 Å². The molecular weight excluding hydrogens is 354 g/mol. The summed E-state index contributed by atoms with van der Waals surface area (Å²) in [4.78, 5) is 0. The number of rotatable bonds is 0. The predicted molar refractivity (Wildman–Crippen MR) is 84.4 cm³/mol. The van der Waals surface area contributed by atoms with Gasteiger partial charge in [0.2, 0.25) is 0 Å². The molecule has 2 aliphatic rings. The lowest BCUT2D eigenvalue weighted by molar-refractivity contribution is 0.0328. The summed E-state index contributed by atoms with van der Waals surface area (Å²) in [6.45, 7) is 0. The Kier molecular flexibility index (Phi) is 3.20. The molecule has 0 spiro atoms. The Hall–Kier alpha value is -0.800. The van der Waals surface area contributed by atoms with Gasteiger partial charge in [0.1, 0.15) is 16.1 Å². The molecule has 1 aliphatic carbocycles. The fourth-order valence-electron chi connectivity index (χ4n) is 2.84. The van der Waals surface area contributed by atoms with E-state index in [0.29, 0.717) is 11.5 Å². The van der Waals surface area contributed by atoms with Gasteiger partial charge in [-0.2, -0.15) is 0 Å². The lowest BCUT2D eigenvalue weighted by atomic mass is 10.1. The van der Waals surface area contributed by atoms with Crippen molar-refractivity contribution < 1.29 is 9.47 Å². The predicted octanol–water partition coefficient (Wildman–Crippen LogP) is 5.74. The Morgan fingerprint density at radius 1 is 0.810 bits per heavy atom. The van der Waals surface area contributed by atoms with E-state index in [1.54, 1.807) is 0 Å². The zero-order chi connectivity index (χ0) is 14.7. The second-order valence-electron chi connectivity index (χ2n) is 5.01. The summed E-state index contributed by atoms with van der Waals surface area (Å²) < 4.78 is 12.0. The number of ether oxygens (including phenoxy) is 2. The van der Waals surface area contributed by atoms with Gasteiger partial charge >= 0.3 is 0 Å². The van der Waals surface area contributed by atoms with E-state index in [1.807, 2.05) is 18.2 Å². The number of halogens is 4. The van der Waals surface area contributed by atoms with Crippen LogP contribution in [0.25, 0.3) is 0 Å². The van der Waals surface area contributed by atoms with E-state index in [4.69, 9.17) is 55.9 Å². The third kappa shape index (κ3) is 1.93. The van der Waals surface area contributed by atoms with Crippen LogP contribution in [0.4, 0.5) is 0 Å². The molecule has 0 saturated carbocycles. The van der Waals surface area contributed by atoms with E-state index in [9.17, 15) is 0 Å². The molecule has 0 radical (unpaired) electrons. The second-order valence-corrected chi connectivity index (χ2v) is 6.52. The first-order valence-corrected chi connectivity index (χ1v) is 7.86. The van der Waals surface area contributed by atoms with Crippen LogP contribution in [0.2, 0.25) is 20.1 Å². The van der Waals surface area contributed by atoms with Crippen LogP contribution in [0, 0.1) is 0 Å².